The molecule has 4 nitrogen and oxygen atoms in total. The molecule has 106 valence electrons. The molecule has 1 fully saturated rings. The van der Waals surface area contributed by atoms with Crippen LogP contribution >= 0.6 is 0 Å². The van der Waals surface area contributed by atoms with Gasteiger partial charge in [0.15, 0.2) is 0 Å². The third-order valence-corrected chi connectivity index (χ3v) is 3.95. The van der Waals surface area contributed by atoms with Gasteiger partial charge >= 0.3 is 0 Å². The molecule has 0 aliphatic carbocycles. The number of aromatic nitrogens is 1. The lowest BCUT2D eigenvalue weighted by Crippen LogP contribution is -2.25. The Labute approximate surface area is 116 Å². The van der Waals surface area contributed by atoms with Gasteiger partial charge in [-0.1, -0.05) is 19.9 Å². The first-order chi connectivity index (χ1) is 9.22. The molecule has 2 atom stereocenters. The van der Waals surface area contributed by atoms with Crippen molar-refractivity contribution in [3.05, 3.63) is 23.9 Å². The number of hydrogen-bond acceptors (Lipinski definition) is 4. The second kappa shape index (κ2) is 6.87. The maximum absolute atomic E-state index is 5.05. The molecule has 1 aliphatic heterocycles. The van der Waals surface area contributed by atoms with Crippen molar-refractivity contribution < 1.29 is 4.74 Å². The molecule has 2 unspecified atom stereocenters. The zero-order valence-electron chi connectivity index (χ0n) is 12.2. The van der Waals surface area contributed by atoms with E-state index in [-0.39, 0.29) is 0 Å². The molecule has 19 heavy (non-hydrogen) atoms. The van der Waals surface area contributed by atoms with Crippen LogP contribution in [0.1, 0.15) is 19.4 Å². The van der Waals surface area contributed by atoms with Crippen LogP contribution in [0.4, 0.5) is 5.82 Å². The molecule has 0 amide bonds. The number of nitrogens with zero attached hydrogens (tertiary/aromatic N) is 2. The summed E-state index contributed by atoms with van der Waals surface area (Å²) in [6.07, 6.45) is 1.89. The van der Waals surface area contributed by atoms with Crippen LogP contribution in [0.5, 0.6) is 0 Å². The lowest BCUT2D eigenvalue weighted by atomic mass is 10.0. The van der Waals surface area contributed by atoms with E-state index in [1.54, 1.807) is 7.11 Å². The van der Waals surface area contributed by atoms with Crippen LogP contribution in [0.2, 0.25) is 0 Å². The normalized spacial score (nSPS) is 23.0. The summed E-state index contributed by atoms with van der Waals surface area (Å²) < 4.78 is 5.05. The fourth-order valence-electron chi connectivity index (χ4n) is 2.55. The second-order valence-electron chi connectivity index (χ2n) is 5.52. The van der Waals surface area contributed by atoms with Crippen LogP contribution in [-0.2, 0) is 11.3 Å². The lowest BCUT2D eigenvalue weighted by molar-refractivity contribution is 0.199. The monoisotopic (exact) mass is 263 g/mol. The van der Waals surface area contributed by atoms with Gasteiger partial charge in [-0.25, -0.2) is 4.98 Å². The van der Waals surface area contributed by atoms with E-state index in [4.69, 9.17) is 4.74 Å². The fourth-order valence-corrected chi connectivity index (χ4v) is 2.55. The fraction of sp³-hybridized carbons (Fsp3) is 0.667. The Morgan fingerprint density at radius 3 is 2.79 bits per heavy atom. The highest BCUT2D eigenvalue weighted by Crippen LogP contribution is 2.28. The summed E-state index contributed by atoms with van der Waals surface area (Å²) >= 11 is 0. The molecule has 0 radical (unpaired) electrons. The summed E-state index contributed by atoms with van der Waals surface area (Å²) in [7, 11) is 1.73. The van der Waals surface area contributed by atoms with Crippen molar-refractivity contribution in [2.24, 2.45) is 11.8 Å². The van der Waals surface area contributed by atoms with E-state index in [0.29, 0.717) is 0 Å². The van der Waals surface area contributed by atoms with Gasteiger partial charge in [0.1, 0.15) is 5.82 Å². The molecule has 0 saturated carbocycles. The quantitative estimate of drug-likeness (QED) is 0.796. The summed E-state index contributed by atoms with van der Waals surface area (Å²) in [6.45, 7) is 9.34. The summed E-state index contributed by atoms with van der Waals surface area (Å²) in [5.74, 6) is 2.64. The van der Waals surface area contributed by atoms with Gasteiger partial charge in [-0.15, -0.1) is 0 Å². The molecule has 1 N–H and O–H groups in total. The van der Waals surface area contributed by atoms with E-state index in [9.17, 15) is 0 Å². The van der Waals surface area contributed by atoms with Crippen LogP contribution in [0, 0.1) is 11.8 Å². The lowest BCUT2D eigenvalue weighted by Gasteiger charge is -2.20. The Balaban J connectivity index is 2.00. The average molecular weight is 263 g/mol. The van der Waals surface area contributed by atoms with Gasteiger partial charge < -0.3 is 15.0 Å². The van der Waals surface area contributed by atoms with Crippen LogP contribution < -0.4 is 10.2 Å². The summed E-state index contributed by atoms with van der Waals surface area (Å²) in [5, 5.41) is 3.40. The Morgan fingerprint density at radius 2 is 2.11 bits per heavy atom. The predicted molar refractivity (Wildman–Crippen MR) is 78.4 cm³/mol. The van der Waals surface area contributed by atoms with Gasteiger partial charge in [-0.05, 0) is 17.9 Å². The maximum Gasteiger partial charge on any atom is 0.133 e. The van der Waals surface area contributed by atoms with E-state index in [0.717, 1.165) is 50.4 Å². The number of nitrogens with one attached hydrogen (secondary N) is 1. The minimum atomic E-state index is 0.743. The number of ether oxygens (including phenoxy) is 1. The highest BCUT2D eigenvalue weighted by atomic mass is 16.5. The van der Waals surface area contributed by atoms with Crippen molar-refractivity contribution in [1.82, 2.24) is 10.3 Å². The minimum absolute atomic E-state index is 0.743. The maximum atomic E-state index is 5.05. The van der Waals surface area contributed by atoms with Gasteiger partial charge in [-0.2, -0.15) is 0 Å². The summed E-state index contributed by atoms with van der Waals surface area (Å²) in [4.78, 5) is 7.00. The van der Waals surface area contributed by atoms with Crippen molar-refractivity contribution in [2.45, 2.75) is 20.4 Å². The van der Waals surface area contributed by atoms with Crippen LogP contribution in [0.25, 0.3) is 0 Å². The van der Waals surface area contributed by atoms with Gasteiger partial charge in [0.2, 0.25) is 0 Å². The Kier molecular flexibility index (Phi) is 5.16. The van der Waals surface area contributed by atoms with Gasteiger partial charge in [0, 0.05) is 45.0 Å². The molecular formula is C15H25N3O. The van der Waals surface area contributed by atoms with E-state index < -0.39 is 0 Å². The van der Waals surface area contributed by atoms with Gasteiger partial charge in [0.25, 0.3) is 0 Å². The third kappa shape index (κ3) is 3.67. The smallest absolute Gasteiger partial charge is 0.133 e. The Morgan fingerprint density at radius 1 is 1.37 bits per heavy atom. The molecule has 2 heterocycles. The topological polar surface area (TPSA) is 37.4 Å². The molecule has 0 bridgehead atoms. The summed E-state index contributed by atoms with van der Waals surface area (Å²) in [6, 6.07) is 4.18. The molecule has 0 spiro atoms. The van der Waals surface area contributed by atoms with E-state index in [1.165, 1.54) is 5.56 Å². The third-order valence-electron chi connectivity index (χ3n) is 3.95. The molecule has 1 aromatic rings. The van der Waals surface area contributed by atoms with Crippen molar-refractivity contribution >= 4 is 5.82 Å². The van der Waals surface area contributed by atoms with Gasteiger partial charge in [-0.3, -0.25) is 0 Å². The Hall–Kier alpha value is -1.13. The first kappa shape index (κ1) is 14.3. The Bertz CT molecular complexity index is 387. The highest BCUT2D eigenvalue weighted by Gasteiger charge is 2.27. The SMILES string of the molecule is COCCNCc1cccnc1N1CC(C)C(C)C1. The number of anilines is 1. The van der Waals surface area contributed by atoms with E-state index in [2.05, 4.69) is 35.1 Å². The summed E-state index contributed by atoms with van der Waals surface area (Å²) in [5.41, 5.74) is 1.28. The van der Waals surface area contributed by atoms with Crippen LogP contribution in [0.15, 0.2) is 18.3 Å². The minimum Gasteiger partial charge on any atom is -0.383 e. The zero-order chi connectivity index (χ0) is 13.7. The molecule has 0 aromatic carbocycles. The predicted octanol–water partition coefficient (Wildman–Crippen LogP) is 1.91. The number of pyridine rings is 1. The zero-order valence-corrected chi connectivity index (χ0v) is 12.2. The molecule has 2 rings (SSSR count). The molecule has 1 aliphatic rings. The highest BCUT2D eigenvalue weighted by molar-refractivity contribution is 5.47. The largest absolute Gasteiger partial charge is 0.383 e. The van der Waals surface area contributed by atoms with Crippen molar-refractivity contribution in [3.63, 3.8) is 0 Å². The van der Waals surface area contributed by atoms with Crippen LogP contribution in [0.3, 0.4) is 0 Å². The number of rotatable bonds is 6. The van der Waals surface area contributed by atoms with Crippen LogP contribution in [-0.4, -0.2) is 38.3 Å². The van der Waals surface area contributed by atoms with E-state index in [1.807, 2.05) is 12.3 Å². The van der Waals surface area contributed by atoms with E-state index >= 15 is 0 Å². The van der Waals surface area contributed by atoms with Crippen molar-refractivity contribution in [2.75, 3.05) is 38.3 Å². The van der Waals surface area contributed by atoms with Crippen molar-refractivity contribution in [3.8, 4) is 0 Å². The van der Waals surface area contributed by atoms with Gasteiger partial charge in [0.05, 0.1) is 6.61 Å². The molecule has 4 heteroatoms. The molecular weight excluding hydrogens is 238 g/mol. The first-order valence-electron chi connectivity index (χ1n) is 7.11. The average Bonchev–Trinajstić information content (AvgIpc) is 2.75. The van der Waals surface area contributed by atoms with Crippen molar-refractivity contribution in [1.29, 1.82) is 0 Å². The second-order valence-corrected chi connectivity index (χ2v) is 5.52. The number of hydrogen-bond donors (Lipinski definition) is 1. The standard InChI is InChI=1S/C15H25N3O/c1-12-10-18(11-13(12)2)15-14(5-4-6-17-15)9-16-7-8-19-3/h4-6,12-13,16H,7-11H2,1-3H3. The first-order valence-corrected chi connectivity index (χ1v) is 7.11. The molecule has 1 saturated heterocycles. The molecule has 1 aromatic heterocycles. The number of methoxy groups -OCH3 is 1.